The SMILES string of the molecule is N#Cc1c(-c2ccccc2O)oc2ccccc12. The highest BCUT2D eigenvalue weighted by Crippen LogP contribution is 2.36. The van der Waals surface area contributed by atoms with Gasteiger partial charge in [0.1, 0.15) is 23.0 Å². The molecule has 3 aromatic rings. The van der Waals surface area contributed by atoms with Gasteiger partial charge in [0.15, 0.2) is 5.76 Å². The van der Waals surface area contributed by atoms with Crippen molar-refractivity contribution in [3.05, 3.63) is 54.1 Å². The van der Waals surface area contributed by atoms with Crippen LogP contribution >= 0.6 is 0 Å². The van der Waals surface area contributed by atoms with Gasteiger partial charge in [-0.2, -0.15) is 5.26 Å². The van der Waals surface area contributed by atoms with Crippen molar-refractivity contribution in [3.63, 3.8) is 0 Å². The highest BCUT2D eigenvalue weighted by Gasteiger charge is 2.17. The molecule has 0 bridgehead atoms. The Morgan fingerprint density at radius 1 is 1.00 bits per heavy atom. The number of rotatable bonds is 1. The second-order valence-corrected chi connectivity index (χ2v) is 3.93. The monoisotopic (exact) mass is 235 g/mol. The minimum absolute atomic E-state index is 0.105. The zero-order valence-corrected chi connectivity index (χ0v) is 9.42. The Morgan fingerprint density at radius 3 is 2.50 bits per heavy atom. The molecule has 3 nitrogen and oxygen atoms in total. The van der Waals surface area contributed by atoms with Gasteiger partial charge < -0.3 is 9.52 Å². The molecular weight excluding hydrogens is 226 g/mol. The van der Waals surface area contributed by atoms with Crippen molar-refractivity contribution in [1.82, 2.24) is 0 Å². The first-order valence-corrected chi connectivity index (χ1v) is 5.51. The second kappa shape index (κ2) is 3.94. The number of furan rings is 1. The van der Waals surface area contributed by atoms with Gasteiger partial charge in [0.2, 0.25) is 0 Å². The van der Waals surface area contributed by atoms with E-state index in [1.807, 2.05) is 18.2 Å². The summed E-state index contributed by atoms with van der Waals surface area (Å²) in [7, 11) is 0. The Hall–Kier alpha value is -2.73. The molecule has 3 heteroatoms. The number of benzene rings is 2. The third-order valence-electron chi connectivity index (χ3n) is 2.86. The fraction of sp³-hybridized carbons (Fsp3) is 0. The van der Waals surface area contributed by atoms with Crippen molar-refractivity contribution in [2.24, 2.45) is 0 Å². The summed E-state index contributed by atoms with van der Waals surface area (Å²) in [6, 6.07) is 16.3. The molecule has 1 heterocycles. The summed E-state index contributed by atoms with van der Waals surface area (Å²) >= 11 is 0. The Bertz CT molecular complexity index is 766. The standard InChI is InChI=1S/C15H9NO2/c16-9-12-10-5-2-4-8-14(10)18-15(12)11-6-1-3-7-13(11)17/h1-8,17H. The maximum Gasteiger partial charge on any atom is 0.156 e. The molecule has 0 unspecified atom stereocenters. The zero-order chi connectivity index (χ0) is 12.5. The van der Waals surface area contributed by atoms with Gasteiger partial charge in [-0.3, -0.25) is 0 Å². The predicted molar refractivity (Wildman–Crippen MR) is 68.0 cm³/mol. The third-order valence-corrected chi connectivity index (χ3v) is 2.86. The molecule has 0 aliphatic heterocycles. The van der Waals surface area contributed by atoms with Crippen LogP contribution in [0.1, 0.15) is 5.56 Å². The van der Waals surface area contributed by atoms with Crippen LogP contribution in [0.4, 0.5) is 0 Å². The topological polar surface area (TPSA) is 57.2 Å². The lowest BCUT2D eigenvalue weighted by Gasteiger charge is -2.00. The largest absolute Gasteiger partial charge is 0.507 e. The van der Waals surface area contributed by atoms with Crippen molar-refractivity contribution in [3.8, 4) is 23.1 Å². The van der Waals surface area contributed by atoms with E-state index in [1.54, 1.807) is 30.3 Å². The van der Waals surface area contributed by atoms with Gasteiger partial charge in [0.25, 0.3) is 0 Å². The molecule has 0 spiro atoms. The molecular formula is C15H9NO2. The van der Waals surface area contributed by atoms with Gasteiger partial charge in [0, 0.05) is 5.39 Å². The van der Waals surface area contributed by atoms with Crippen LogP contribution in [0.5, 0.6) is 5.75 Å². The molecule has 0 saturated carbocycles. The summed E-state index contributed by atoms with van der Waals surface area (Å²) in [5.41, 5.74) is 1.63. The molecule has 1 aromatic heterocycles. The Labute approximate surface area is 104 Å². The van der Waals surface area contributed by atoms with Crippen LogP contribution in [0, 0.1) is 11.3 Å². The lowest BCUT2D eigenvalue weighted by atomic mass is 10.1. The van der Waals surface area contributed by atoms with E-state index in [0.717, 1.165) is 5.39 Å². The van der Waals surface area contributed by atoms with E-state index in [2.05, 4.69) is 6.07 Å². The van der Waals surface area contributed by atoms with E-state index in [-0.39, 0.29) is 5.75 Å². The Kier molecular flexibility index (Phi) is 2.28. The fourth-order valence-electron chi connectivity index (χ4n) is 2.01. The number of hydrogen-bond acceptors (Lipinski definition) is 3. The van der Waals surface area contributed by atoms with Crippen LogP contribution in [-0.4, -0.2) is 5.11 Å². The number of nitrogens with zero attached hydrogens (tertiary/aromatic N) is 1. The van der Waals surface area contributed by atoms with Crippen molar-refractivity contribution in [1.29, 1.82) is 5.26 Å². The molecule has 0 saturated heterocycles. The minimum Gasteiger partial charge on any atom is -0.507 e. The van der Waals surface area contributed by atoms with Crippen molar-refractivity contribution in [2.45, 2.75) is 0 Å². The van der Waals surface area contributed by atoms with Crippen LogP contribution in [0.2, 0.25) is 0 Å². The van der Waals surface area contributed by atoms with Crippen LogP contribution in [0.3, 0.4) is 0 Å². The van der Waals surface area contributed by atoms with Gasteiger partial charge in [-0.15, -0.1) is 0 Å². The van der Waals surface area contributed by atoms with Gasteiger partial charge in [0.05, 0.1) is 5.56 Å². The Balaban J connectivity index is 2.37. The smallest absolute Gasteiger partial charge is 0.156 e. The lowest BCUT2D eigenvalue weighted by molar-refractivity contribution is 0.474. The number of phenolic OH excluding ortho intramolecular Hbond substituents is 1. The maximum absolute atomic E-state index is 9.84. The van der Waals surface area contributed by atoms with Gasteiger partial charge in [-0.05, 0) is 24.3 Å². The van der Waals surface area contributed by atoms with E-state index in [4.69, 9.17) is 4.42 Å². The first-order valence-electron chi connectivity index (χ1n) is 5.51. The van der Waals surface area contributed by atoms with E-state index in [1.165, 1.54) is 0 Å². The molecule has 0 aliphatic carbocycles. The zero-order valence-electron chi connectivity index (χ0n) is 9.42. The molecule has 1 N–H and O–H groups in total. The normalized spacial score (nSPS) is 10.4. The third kappa shape index (κ3) is 1.44. The molecule has 18 heavy (non-hydrogen) atoms. The van der Waals surface area contributed by atoms with Crippen LogP contribution in [-0.2, 0) is 0 Å². The van der Waals surface area contributed by atoms with E-state index in [9.17, 15) is 10.4 Å². The summed E-state index contributed by atoms with van der Waals surface area (Å²) in [6.45, 7) is 0. The average Bonchev–Trinajstić information content (AvgIpc) is 2.77. The highest BCUT2D eigenvalue weighted by atomic mass is 16.3. The number of nitriles is 1. The molecule has 2 aromatic carbocycles. The van der Waals surface area contributed by atoms with E-state index < -0.39 is 0 Å². The summed E-state index contributed by atoms with van der Waals surface area (Å²) < 4.78 is 5.67. The predicted octanol–water partition coefficient (Wildman–Crippen LogP) is 3.68. The van der Waals surface area contributed by atoms with Gasteiger partial charge in [-0.1, -0.05) is 24.3 Å². The highest BCUT2D eigenvalue weighted by molar-refractivity contribution is 5.91. The molecule has 0 aliphatic rings. The van der Waals surface area contributed by atoms with Gasteiger partial charge >= 0.3 is 0 Å². The van der Waals surface area contributed by atoms with Gasteiger partial charge in [-0.25, -0.2) is 0 Å². The van der Waals surface area contributed by atoms with Crippen molar-refractivity contribution < 1.29 is 9.52 Å². The van der Waals surface area contributed by atoms with E-state index in [0.29, 0.717) is 22.5 Å². The fourth-order valence-corrected chi connectivity index (χ4v) is 2.01. The minimum atomic E-state index is 0.105. The summed E-state index contributed by atoms with van der Waals surface area (Å²) in [4.78, 5) is 0. The van der Waals surface area contributed by atoms with Crippen LogP contribution < -0.4 is 0 Å². The first kappa shape index (κ1) is 10.4. The lowest BCUT2D eigenvalue weighted by Crippen LogP contribution is -1.79. The number of fused-ring (bicyclic) bond motifs is 1. The number of para-hydroxylation sites is 2. The second-order valence-electron chi connectivity index (χ2n) is 3.93. The number of hydrogen-bond donors (Lipinski definition) is 1. The summed E-state index contributed by atoms with van der Waals surface area (Å²) in [5, 5.41) is 19.9. The molecule has 0 fully saturated rings. The summed E-state index contributed by atoms with van der Waals surface area (Å²) in [5.74, 6) is 0.518. The molecule has 0 radical (unpaired) electrons. The van der Waals surface area contributed by atoms with Crippen molar-refractivity contribution >= 4 is 11.0 Å². The first-order chi connectivity index (χ1) is 8.81. The van der Waals surface area contributed by atoms with E-state index >= 15 is 0 Å². The van der Waals surface area contributed by atoms with Crippen LogP contribution in [0.15, 0.2) is 52.9 Å². The quantitative estimate of drug-likeness (QED) is 0.700. The molecule has 3 rings (SSSR count). The van der Waals surface area contributed by atoms with Crippen molar-refractivity contribution in [2.75, 3.05) is 0 Å². The average molecular weight is 235 g/mol. The maximum atomic E-state index is 9.84. The molecule has 0 amide bonds. The number of aromatic hydroxyl groups is 1. The molecule has 86 valence electrons. The summed E-state index contributed by atoms with van der Waals surface area (Å²) in [6.07, 6.45) is 0. The number of phenols is 1. The molecule has 0 atom stereocenters. The Morgan fingerprint density at radius 2 is 1.72 bits per heavy atom. The van der Waals surface area contributed by atoms with Crippen LogP contribution in [0.25, 0.3) is 22.3 Å².